The van der Waals surface area contributed by atoms with E-state index < -0.39 is 0 Å². The van der Waals surface area contributed by atoms with Gasteiger partial charge in [-0.15, -0.1) is 0 Å². The predicted octanol–water partition coefficient (Wildman–Crippen LogP) is 3.34. The van der Waals surface area contributed by atoms with Crippen LogP contribution in [0.5, 0.6) is 0 Å². The lowest BCUT2D eigenvalue weighted by atomic mass is 9.64. The van der Waals surface area contributed by atoms with E-state index in [9.17, 15) is 5.11 Å². The maximum Gasteiger partial charge on any atom is 0.0543 e. The lowest BCUT2D eigenvalue weighted by molar-refractivity contribution is 0.0149. The molecule has 1 saturated carbocycles. The Labute approximate surface area is 113 Å². The number of aliphatic hydroxyl groups excluding tert-OH is 1. The van der Waals surface area contributed by atoms with Crippen molar-refractivity contribution >= 4 is 0 Å². The maximum atomic E-state index is 9.79. The van der Waals surface area contributed by atoms with Crippen molar-refractivity contribution < 1.29 is 5.11 Å². The van der Waals surface area contributed by atoms with Crippen molar-refractivity contribution in [2.75, 3.05) is 0 Å². The monoisotopic (exact) mass is 253 g/mol. The number of rotatable bonds is 1. The van der Waals surface area contributed by atoms with E-state index in [2.05, 4.69) is 39.9 Å². The molecular weight excluding hydrogens is 222 g/mol. The summed E-state index contributed by atoms with van der Waals surface area (Å²) in [6.07, 6.45) is 5.76. The van der Waals surface area contributed by atoms with E-state index in [-0.39, 0.29) is 17.2 Å². The normalized spacial score (nSPS) is 40.7. The highest BCUT2D eigenvalue weighted by atomic mass is 16.3. The Morgan fingerprint density at radius 3 is 2.06 bits per heavy atom. The van der Waals surface area contributed by atoms with Gasteiger partial charge in [-0.2, -0.15) is 0 Å². The van der Waals surface area contributed by atoms with E-state index in [1.54, 1.807) is 0 Å². The largest absolute Gasteiger partial charge is 0.393 e. The summed E-state index contributed by atoms with van der Waals surface area (Å²) in [7, 11) is 0. The Morgan fingerprint density at radius 1 is 1.00 bits per heavy atom. The highest BCUT2D eigenvalue weighted by Gasteiger charge is 2.42. The molecule has 0 bridgehead atoms. The van der Waals surface area contributed by atoms with Crippen LogP contribution in [0.4, 0.5) is 0 Å². The third-order valence-corrected chi connectivity index (χ3v) is 5.04. The van der Waals surface area contributed by atoms with Gasteiger partial charge in [0.15, 0.2) is 0 Å². The van der Waals surface area contributed by atoms with Crippen LogP contribution in [0.3, 0.4) is 0 Å². The first-order valence-electron chi connectivity index (χ1n) is 7.66. The fourth-order valence-electron chi connectivity index (χ4n) is 4.80. The van der Waals surface area contributed by atoms with Gasteiger partial charge in [0.2, 0.25) is 0 Å². The average molecular weight is 253 g/mol. The zero-order valence-electron chi connectivity index (χ0n) is 12.8. The van der Waals surface area contributed by atoms with Crippen molar-refractivity contribution in [1.29, 1.82) is 0 Å². The molecule has 2 fully saturated rings. The number of nitrogens with one attached hydrogen (secondary N) is 1. The van der Waals surface area contributed by atoms with Crippen molar-refractivity contribution in [3.63, 3.8) is 0 Å². The molecule has 1 heterocycles. The number of aliphatic hydroxyl groups is 1. The predicted molar refractivity (Wildman–Crippen MR) is 76.5 cm³/mol. The van der Waals surface area contributed by atoms with Crippen LogP contribution < -0.4 is 5.32 Å². The smallest absolute Gasteiger partial charge is 0.0543 e. The molecule has 18 heavy (non-hydrogen) atoms. The van der Waals surface area contributed by atoms with Crippen LogP contribution in [0.15, 0.2) is 0 Å². The molecule has 0 amide bonds. The minimum atomic E-state index is -0.0426. The summed E-state index contributed by atoms with van der Waals surface area (Å²) in [5.41, 5.74) is 0.504. The van der Waals surface area contributed by atoms with Crippen LogP contribution in [0, 0.1) is 17.8 Å². The minimum absolute atomic E-state index is 0.0426. The van der Waals surface area contributed by atoms with Crippen LogP contribution in [-0.4, -0.2) is 22.3 Å². The molecule has 2 nitrogen and oxygen atoms in total. The Kier molecular flexibility index (Phi) is 3.81. The molecule has 0 radical (unpaired) electrons. The van der Waals surface area contributed by atoms with Crippen molar-refractivity contribution in [2.45, 2.75) is 83.9 Å². The van der Waals surface area contributed by atoms with E-state index in [4.69, 9.17) is 0 Å². The number of hydrogen-bond donors (Lipinski definition) is 2. The minimum Gasteiger partial charge on any atom is -0.393 e. The van der Waals surface area contributed by atoms with Crippen molar-refractivity contribution in [3.8, 4) is 0 Å². The molecule has 2 aliphatic rings. The highest BCUT2D eigenvalue weighted by molar-refractivity contribution is 4.99. The second-order valence-corrected chi connectivity index (χ2v) is 8.17. The Hall–Kier alpha value is -0.0800. The van der Waals surface area contributed by atoms with Crippen molar-refractivity contribution in [1.82, 2.24) is 5.32 Å². The average Bonchev–Trinajstić information content (AvgIpc) is 2.11. The second-order valence-electron chi connectivity index (χ2n) is 8.17. The Balaban J connectivity index is 2.08. The summed E-state index contributed by atoms with van der Waals surface area (Å²) in [6.45, 7) is 11.7. The fraction of sp³-hybridized carbons (Fsp3) is 1.00. The zero-order valence-corrected chi connectivity index (χ0v) is 12.8. The summed E-state index contributed by atoms with van der Waals surface area (Å²) in [5.74, 6) is 2.32. The van der Waals surface area contributed by atoms with E-state index >= 15 is 0 Å². The summed E-state index contributed by atoms with van der Waals surface area (Å²) in [5, 5.41) is 13.6. The SMILES string of the molecule is CC1CC(O)CCC1C1CC(C)(C)NC(C)(C)C1. The summed E-state index contributed by atoms with van der Waals surface area (Å²) < 4.78 is 0. The molecule has 0 aromatic heterocycles. The molecule has 106 valence electrons. The molecule has 3 unspecified atom stereocenters. The molecule has 2 rings (SSSR count). The van der Waals surface area contributed by atoms with Crippen molar-refractivity contribution in [3.05, 3.63) is 0 Å². The van der Waals surface area contributed by atoms with Crippen LogP contribution in [0.2, 0.25) is 0 Å². The van der Waals surface area contributed by atoms with E-state index in [1.807, 2.05) is 0 Å². The van der Waals surface area contributed by atoms with Crippen LogP contribution >= 0.6 is 0 Å². The van der Waals surface area contributed by atoms with Gasteiger partial charge in [-0.3, -0.25) is 0 Å². The standard InChI is InChI=1S/C16H31NO/c1-11-8-13(18)6-7-14(11)12-9-15(2,3)17-16(4,5)10-12/h11-14,17-18H,6-10H2,1-5H3. The van der Waals surface area contributed by atoms with Crippen LogP contribution in [0.25, 0.3) is 0 Å². The Morgan fingerprint density at radius 2 is 1.56 bits per heavy atom. The van der Waals surface area contributed by atoms with Gasteiger partial charge in [0, 0.05) is 11.1 Å². The summed E-state index contributed by atoms with van der Waals surface area (Å²) >= 11 is 0. The number of piperidine rings is 1. The first-order valence-corrected chi connectivity index (χ1v) is 7.66. The lowest BCUT2D eigenvalue weighted by Gasteiger charge is -2.50. The van der Waals surface area contributed by atoms with Crippen molar-refractivity contribution in [2.24, 2.45) is 17.8 Å². The third kappa shape index (κ3) is 3.27. The first kappa shape index (κ1) is 14.3. The molecule has 1 aliphatic carbocycles. The second kappa shape index (κ2) is 4.79. The third-order valence-electron chi connectivity index (χ3n) is 5.04. The highest BCUT2D eigenvalue weighted by Crippen LogP contribution is 2.44. The topological polar surface area (TPSA) is 32.3 Å². The molecule has 0 spiro atoms. The van der Waals surface area contributed by atoms with E-state index in [0.717, 1.165) is 24.7 Å². The number of hydrogen-bond acceptors (Lipinski definition) is 2. The van der Waals surface area contributed by atoms with E-state index in [0.29, 0.717) is 5.92 Å². The first-order chi connectivity index (χ1) is 8.19. The van der Waals surface area contributed by atoms with Crippen LogP contribution in [-0.2, 0) is 0 Å². The quantitative estimate of drug-likeness (QED) is 0.751. The maximum absolute atomic E-state index is 9.79. The van der Waals surface area contributed by atoms with Crippen LogP contribution in [0.1, 0.15) is 66.7 Å². The molecule has 0 aromatic carbocycles. The van der Waals surface area contributed by atoms with Gasteiger partial charge in [-0.1, -0.05) is 6.92 Å². The molecule has 3 atom stereocenters. The summed E-state index contributed by atoms with van der Waals surface area (Å²) in [4.78, 5) is 0. The zero-order chi connectivity index (χ0) is 13.6. The summed E-state index contributed by atoms with van der Waals surface area (Å²) in [6, 6.07) is 0. The molecule has 1 saturated heterocycles. The van der Waals surface area contributed by atoms with Gasteiger partial charge in [0.05, 0.1) is 6.10 Å². The molecule has 2 N–H and O–H groups in total. The van der Waals surface area contributed by atoms with Gasteiger partial charge in [-0.05, 0) is 77.6 Å². The van der Waals surface area contributed by atoms with E-state index in [1.165, 1.54) is 19.3 Å². The molecule has 2 heteroatoms. The van der Waals surface area contributed by atoms with Gasteiger partial charge >= 0.3 is 0 Å². The van der Waals surface area contributed by atoms with Gasteiger partial charge in [0.1, 0.15) is 0 Å². The van der Waals surface area contributed by atoms with Gasteiger partial charge in [-0.25, -0.2) is 0 Å². The van der Waals surface area contributed by atoms with Gasteiger partial charge in [0.25, 0.3) is 0 Å². The lowest BCUT2D eigenvalue weighted by Crippen LogP contribution is -2.59. The molecule has 1 aliphatic heterocycles. The van der Waals surface area contributed by atoms with Gasteiger partial charge < -0.3 is 10.4 Å². The molecular formula is C16H31NO. The Bertz CT molecular complexity index is 281. The molecule has 0 aromatic rings. The fourth-order valence-corrected chi connectivity index (χ4v) is 4.80.